The zero-order valence-electron chi connectivity index (χ0n) is 11.1. The Hall–Kier alpha value is -1.09. The number of aliphatic hydroxyl groups is 1. The topological polar surface area (TPSA) is 42.4 Å². The summed E-state index contributed by atoms with van der Waals surface area (Å²) in [5.41, 5.74) is 0.700. The van der Waals surface area contributed by atoms with Gasteiger partial charge in [-0.1, -0.05) is 32.1 Å². The summed E-state index contributed by atoms with van der Waals surface area (Å²) >= 11 is 0. The monoisotopic (exact) mass is 249 g/mol. The van der Waals surface area contributed by atoms with Crippen molar-refractivity contribution in [3.05, 3.63) is 24.0 Å². The molecule has 0 saturated heterocycles. The van der Waals surface area contributed by atoms with Crippen molar-refractivity contribution in [2.45, 2.75) is 51.0 Å². The minimum atomic E-state index is -0.487. The van der Waals surface area contributed by atoms with Crippen molar-refractivity contribution in [1.29, 1.82) is 0 Å². The lowest BCUT2D eigenvalue weighted by atomic mass is 9.86. The van der Waals surface area contributed by atoms with E-state index in [1.54, 1.807) is 13.3 Å². The van der Waals surface area contributed by atoms with Crippen molar-refractivity contribution >= 4 is 0 Å². The van der Waals surface area contributed by atoms with E-state index in [2.05, 4.69) is 4.98 Å². The molecule has 0 amide bonds. The molecule has 1 aromatic rings. The van der Waals surface area contributed by atoms with Crippen molar-refractivity contribution in [1.82, 2.24) is 4.98 Å². The van der Waals surface area contributed by atoms with Crippen LogP contribution in [0, 0.1) is 5.92 Å². The summed E-state index contributed by atoms with van der Waals surface area (Å²) in [5, 5.41) is 10.5. The Labute approximate surface area is 109 Å². The molecule has 1 fully saturated rings. The Kier molecular flexibility index (Phi) is 5.00. The molecule has 1 atom stereocenters. The first-order valence-electron chi connectivity index (χ1n) is 7.00. The number of aromatic nitrogens is 1. The van der Waals surface area contributed by atoms with Gasteiger partial charge in [0.2, 0.25) is 0 Å². The largest absolute Gasteiger partial charge is 0.495 e. The Morgan fingerprint density at radius 1 is 1.22 bits per heavy atom. The number of ether oxygens (including phenoxy) is 1. The first-order chi connectivity index (χ1) is 8.83. The summed E-state index contributed by atoms with van der Waals surface area (Å²) in [4.78, 5) is 4.30. The molecule has 2 rings (SSSR count). The molecule has 0 aromatic carbocycles. The molecule has 0 radical (unpaired) electrons. The second-order valence-corrected chi connectivity index (χ2v) is 5.14. The van der Waals surface area contributed by atoms with Gasteiger partial charge in [0.15, 0.2) is 0 Å². The number of pyridine rings is 1. The van der Waals surface area contributed by atoms with Crippen LogP contribution in [-0.4, -0.2) is 17.2 Å². The number of rotatable bonds is 3. The van der Waals surface area contributed by atoms with Crippen LogP contribution in [0.1, 0.15) is 56.7 Å². The SMILES string of the molecule is COc1cccnc1C(O)C1CCCCCCC1. The van der Waals surface area contributed by atoms with Gasteiger partial charge < -0.3 is 9.84 Å². The van der Waals surface area contributed by atoms with Crippen molar-refractivity contribution in [2.24, 2.45) is 5.92 Å². The highest BCUT2D eigenvalue weighted by Gasteiger charge is 2.25. The second-order valence-electron chi connectivity index (χ2n) is 5.14. The number of hydrogen-bond acceptors (Lipinski definition) is 3. The minimum absolute atomic E-state index is 0.328. The maximum absolute atomic E-state index is 10.5. The molecular weight excluding hydrogens is 226 g/mol. The Morgan fingerprint density at radius 3 is 2.56 bits per heavy atom. The van der Waals surface area contributed by atoms with Crippen molar-refractivity contribution in [3.8, 4) is 5.75 Å². The third kappa shape index (κ3) is 3.22. The summed E-state index contributed by atoms with van der Waals surface area (Å²) in [6.07, 6.45) is 9.81. The fourth-order valence-corrected chi connectivity index (χ4v) is 2.82. The van der Waals surface area contributed by atoms with Crippen LogP contribution in [0.3, 0.4) is 0 Å². The highest BCUT2D eigenvalue weighted by atomic mass is 16.5. The standard InChI is InChI=1S/C15H23NO2/c1-18-13-10-7-11-16-14(13)15(17)12-8-5-3-2-4-6-9-12/h7,10-12,15,17H,2-6,8-9H2,1H3. The number of hydrogen-bond donors (Lipinski definition) is 1. The Balaban J connectivity index is 2.10. The zero-order chi connectivity index (χ0) is 12.8. The summed E-state index contributed by atoms with van der Waals surface area (Å²) in [7, 11) is 1.63. The highest BCUT2D eigenvalue weighted by Crippen LogP contribution is 2.35. The minimum Gasteiger partial charge on any atom is -0.495 e. The van der Waals surface area contributed by atoms with E-state index in [1.807, 2.05) is 12.1 Å². The Morgan fingerprint density at radius 2 is 1.89 bits per heavy atom. The molecule has 3 heteroatoms. The fraction of sp³-hybridized carbons (Fsp3) is 0.667. The van der Waals surface area contributed by atoms with E-state index in [-0.39, 0.29) is 0 Å². The summed E-state index contributed by atoms with van der Waals surface area (Å²) < 4.78 is 5.29. The molecule has 0 spiro atoms. The average molecular weight is 249 g/mol. The third-order valence-electron chi connectivity index (χ3n) is 3.90. The molecule has 3 nitrogen and oxygen atoms in total. The van der Waals surface area contributed by atoms with E-state index >= 15 is 0 Å². The van der Waals surface area contributed by atoms with Gasteiger partial charge in [-0.2, -0.15) is 0 Å². The Bertz CT molecular complexity index is 359. The van der Waals surface area contributed by atoms with Gasteiger partial charge in [0.05, 0.1) is 7.11 Å². The molecular formula is C15H23NO2. The molecule has 100 valence electrons. The normalized spacial score (nSPS) is 19.9. The molecule has 1 aliphatic rings. The molecule has 0 aliphatic heterocycles. The van der Waals surface area contributed by atoms with E-state index in [1.165, 1.54) is 32.1 Å². The smallest absolute Gasteiger partial charge is 0.143 e. The second kappa shape index (κ2) is 6.74. The van der Waals surface area contributed by atoms with E-state index < -0.39 is 6.10 Å². The van der Waals surface area contributed by atoms with E-state index in [4.69, 9.17) is 4.74 Å². The van der Waals surface area contributed by atoms with Crippen LogP contribution in [0.5, 0.6) is 5.75 Å². The number of aliphatic hydroxyl groups excluding tert-OH is 1. The first-order valence-corrected chi connectivity index (χ1v) is 7.00. The number of methoxy groups -OCH3 is 1. The van der Waals surface area contributed by atoms with E-state index in [0.717, 1.165) is 12.8 Å². The molecule has 0 bridgehead atoms. The fourth-order valence-electron chi connectivity index (χ4n) is 2.82. The quantitative estimate of drug-likeness (QED) is 0.891. The van der Waals surface area contributed by atoms with Gasteiger partial charge in [-0.25, -0.2) is 0 Å². The van der Waals surface area contributed by atoms with Crippen LogP contribution in [0.4, 0.5) is 0 Å². The summed E-state index contributed by atoms with van der Waals surface area (Å²) in [6.45, 7) is 0. The van der Waals surface area contributed by atoms with Gasteiger partial charge in [0.25, 0.3) is 0 Å². The lowest BCUT2D eigenvalue weighted by Crippen LogP contribution is -2.16. The average Bonchev–Trinajstić information content (AvgIpc) is 2.37. The first kappa shape index (κ1) is 13.3. The predicted molar refractivity (Wildman–Crippen MR) is 71.6 cm³/mol. The molecule has 1 aliphatic carbocycles. The van der Waals surface area contributed by atoms with Gasteiger partial charge in [-0.15, -0.1) is 0 Å². The molecule has 18 heavy (non-hydrogen) atoms. The maximum Gasteiger partial charge on any atom is 0.143 e. The van der Waals surface area contributed by atoms with Gasteiger partial charge in [0, 0.05) is 6.20 Å². The van der Waals surface area contributed by atoms with Gasteiger partial charge >= 0.3 is 0 Å². The maximum atomic E-state index is 10.5. The summed E-state index contributed by atoms with van der Waals surface area (Å²) in [5.74, 6) is 1.03. The van der Waals surface area contributed by atoms with Crippen LogP contribution in [0.2, 0.25) is 0 Å². The molecule has 1 N–H and O–H groups in total. The van der Waals surface area contributed by atoms with Crippen LogP contribution < -0.4 is 4.74 Å². The van der Waals surface area contributed by atoms with Crippen LogP contribution in [0.25, 0.3) is 0 Å². The highest BCUT2D eigenvalue weighted by molar-refractivity contribution is 5.28. The van der Waals surface area contributed by atoms with E-state index in [0.29, 0.717) is 17.4 Å². The lowest BCUT2D eigenvalue weighted by Gasteiger charge is -2.25. The van der Waals surface area contributed by atoms with Gasteiger partial charge in [0.1, 0.15) is 17.5 Å². The van der Waals surface area contributed by atoms with Crippen LogP contribution >= 0.6 is 0 Å². The predicted octanol–water partition coefficient (Wildman–Crippen LogP) is 3.48. The number of nitrogens with zero attached hydrogens (tertiary/aromatic N) is 1. The van der Waals surface area contributed by atoms with Crippen LogP contribution in [0.15, 0.2) is 18.3 Å². The third-order valence-corrected chi connectivity index (χ3v) is 3.90. The van der Waals surface area contributed by atoms with Crippen molar-refractivity contribution in [2.75, 3.05) is 7.11 Å². The summed E-state index contributed by atoms with van der Waals surface area (Å²) in [6, 6.07) is 3.71. The van der Waals surface area contributed by atoms with Crippen molar-refractivity contribution < 1.29 is 9.84 Å². The van der Waals surface area contributed by atoms with Gasteiger partial charge in [-0.3, -0.25) is 4.98 Å². The zero-order valence-corrected chi connectivity index (χ0v) is 11.1. The lowest BCUT2D eigenvalue weighted by molar-refractivity contribution is 0.0847. The van der Waals surface area contributed by atoms with Gasteiger partial charge in [-0.05, 0) is 30.9 Å². The molecule has 1 saturated carbocycles. The molecule has 1 unspecified atom stereocenters. The molecule has 1 aromatic heterocycles. The van der Waals surface area contributed by atoms with Crippen LogP contribution in [-0.2, 0) is 0 Å². The van der Waals surface area contributed by atoms with Crippen molar-refractivity contribution in [3.63, 3.8) is 0 Å². The molecule has 1 heterocycles. The van der Waals surface area contributed by atoms with E-state index in [9.17, 15) is 5.11 Å².